The van der Waals surface area contributed by atoms with Gasteiger partial charge in [-0.1, -0.05) is 0 Å². The van der Waals surface area contributed by atoms with Gasteiger partial charge < -0.3 is 16.2 Å². The third kappa shape index (κ3) is 2.25. The zero-order valence-corrected chi connectivity index (χ0v) is 10.5. The number of halogens is 1. The van der Waals surface area contributed by atoms with Crippen LogP contribution in [0.15, 0.2) is 12.1 Å². The fourth-order valence-electron chi connectivity index (χ4n) is 2.18. The summed E-state index contributed by atoms with van der Waals surface area (Å²) in [6, 6.07) is 2.62. The zero-order valence-electron chi connectivity index (χ0n) is 10.5. The van der Waals surface area contributed by atoms with Gasteiger partial charge in [0.05, 0.1) is 11.4 Å². The standard InChI is InChI=1S/C13H17FN2O2/c1-13(2,7-3-4-7)16-9-6-5-8(14)11(15)10(9)12(17)18/h5-7,16H,3-4,15H2,1-2H3,(H,17,18). The van der Waals surface area contributed by atoms with Crippen LogP contribution in [0.1, 0.15) is 37.0 Å². The van der Waals surface area contributed by atoms with Crippen LogP contribution in [0.4, 0.5) is 15.8 Å². The molecular weight excluding hydrogens is 235 g/mol. The third-order valence-electron chi connectivity index (χ3n) is 3.46. The summed E-state index contributed by atoms with van der Waals surface area (Å²) in [5.74, 6) is -1.41. The van der Waals surface area contributed by atoms with Crippen molar-refractivity contribution in [2.45, 2.75) is 32.2 Å². The number of carbonyl (C=O) groups is 1. The fraction of sp³-hybridized carbons (Fsp3) is 0.462. The largest absolute Gasteiger partial charge is 0.478 e. The fourth-order valence-corrected chi connectivity index (χ4v) is 2.18. The molecule has 0 atom stereocenters. The molecule has 1 aliphatic carbocycles. The third-order valence-corrected chi connectivity index (χ3v) is 3.46. The molecule has 0 heterocycles. The Bertz CT molecular complexity index is 496. The van der Waals surface area contributed by atoms with Crippen LogP contribution in [0.2, 0.25) is 0 Å². The van der Waals surface area contributed by atoms with Gasteiger partial charge >= 0.3 is 5.97 Å². The summed E-state index contributed by atoms with van der Waals surface area (Å²) in [6.45, 7) is 4.02. The Balaban J connectivity index is 2.38. The lowest BCUT2D eigenvalue weighted by atomic mass is 9.97. The van der Waals surface area contributed by atoms with Crippen LogP contribution in [-0.2, 0) is 0 Å². The number of carboxylic acid groups (broad SMARTS) is 1. The highest BCUT2D eigenvalue weighted by atomic mass is 19.1. The van der Waals surface area contributed by atoms with Gasteiger partial charge in [0.1, 0.15) is 11.4 Å². The van der Waals surface area contributed by atoms with E-state index in [0.29, 0.717) is 11.6 Å². The SMILES string of the molecule is CC(C)(Nc1ccc(F)c(N)c1C(=O)O)C1CC1. The Labute approximate surface area is 105 Å². The first-order valence-corrected chi connectivity index (χ1v) is 5.92. The molecule has 0 bridgehead atoms. The van der Waals surface area contributed by atoms with Crippen molar-refractivity contribution in [1.29, 1.82) is 0 Å². The Morgan fingerprint density at radius 2 is 2.11 bits per heavy atom. The maximum atomic E-state index is 13.3. The van der Waals surface area contributed by atoms with Crippen LogP contribution in [-0.4, -0.2) is 16.6 Å². The van der Waals surface area contributed by atoms with E-state index in [0.717, 1.165) is 12.8 Å². The summed E-state index contributed by atoms with van der Waals surface area (Å²) >= 11 is 0. The molecule has 1 aliphatic rings. The maximum Gasteiger partial charge on any atom is 0.340 e. The molecule has 98 valence electrons. The lowest BCUT2D eigenvalue weighted by Gasteiger charge is -2.28. The minimum Gasteiger partial charge on any atom is -0.478 e. The lowest BCUT2D eigenvalue weighted by molar-refractivity contribution is 0.0698. The molecule has 0 aromatic heterocycles. The molecule has 0 aliphatic heterocycles. The zero-order chi connectivity index (χ0) is 13.5. The number of anilines is 2. The number of aromatic carboxylic acids is 1. The molecule has 0 unspecified atom stereocenters. The van der Waals surface area contributed by atoms with Crippen LogP contribution < -0.4 is 11.1 Å². The number of hydrogen-bond acceptors (Lipinski definition) is 3. The van der Waals surface area contributed by atoms with E-state index in [1.807, 2.05) is 13.8 Å². The van der Waals surface area contributed by atoms with Crippen molar-refractivity contribution in [3.63, 3.8) is 0 Å². The maximum absolute atomic E-state index is 13.3. The van der Waals surface area contributed by atoms with E-state index >= 15 is 0 Å². The molecule has 0 saturated heterocycles. The predicted molar refractivity (Wildman–Crippen MR) is 68.2 cm³/mol. The molecule has 4 N–H and O–H groups in total. The van der Waals surface area contributed by atoms with Gasteiger partial charge in [0.25, 0.3) is 0 Å². The highest BCUT2D eigenvalue weighted by molar-refractivity contribution is 6.00. The van der Waals surface area contributed by atoms with E-state index in [1.165, 1.54) is 12.1 Å². The molecule has 5 heteroatoms. The van der Waals surface area contributed by atoms with Crippen LogP contribution in [0.5, 0.6) is 0 Å². The highest BCUT2D eigenvalue weighted by Crippen LogP contribution is 2.42. The average Bonchev–Trinajstić information content (AvgIpc) is 3.06. The van der Waals surface area contributed by atoms with E-state index in [1.54, 1.807) is 0 Å². The minimum absolute atomic E-state index is 0.191. The number of benzene rings is 1. The molecule has 1 aromatic rings. The van der Waals surface area contributed by atoms with Crippen molar-refractivity contribution in [3.05, 3.63) is 23.5 Å². The summed E-state index contributed by atoms with van der Waals surface area (Å²) in [5, 5.41) is 12.3. The van der Waals surface area contributed by atoms with Gasteiger partial charge in [0, 0.05) is 5.54 Å². The van der Waals surface area contributed by atoms with Crippen LogP contribution in [0.25, 0.3) is 0 Å². The number of nitrogens with two attached hydrogens (primary N) is 1. The quantitative estimate of drug-likeness (QED) is 0.720. The monoisotopic (exact) mass is 252 g/mol. The number of nitrogens with one attached hydrogen (secondary N) is 1. The first-order chi connectivity index (χ1) is 8.33. The smallest absolute Gasteiger partial charge is 0.340 e. The van der Waals surface area contributed by atoms with Crippen LogP contribution in [0, 0.1) is 11.7 Å². The molecule has 1 fully saturated rings. The second-order valence-corrected chi connectivity index (χ2v) is 5.31. The van der Waals surface area contributed by atoms with Gasteiger partial charge in [-0.3, -0.25) is 0 Å². The predicted octanol–water partition coefficient (Wildman–Crippen LogP) is 2.71. The van der Waals surface area contributed by atoms with Gasteiger partial charge in [0.2, 0.25) is 0 Å². The Morgan fingerprint density at radius 1 is 1.50 bits per heavy atom. The molecule has 18 heavy (non-hydrogen) atoms. The first-order valence-electron chi connectivity index (χ1n) is 5.92. The summed E-state index contributed by atoms with van der Waals surface area (Å²) in [7, 11) is 0. The van der Waals surface area contributed by atoms with Gasteiger partial charge in [-0.15, -0.1) is 0 Å². The van der Waals surface area contributed by atoms with Crippen LogP contribution in [0.3, 0.4) is 0 Å². The van der Waals surface area contributed by atoms with E-state index in [4.69, 9.17) is 10.8 Å². The van der Waals surface area contributed by atoms with E-state index in [-0.39, 0.29) is 16.8 Å². The van der Waals surface area contributed by atoms with Crippen molar-refractivity contribution in [3.8, 4) is 0 Å². The molecule has 4 nitrogen and oxygen atoms in total. The van der Waals surface area contributed by atoms with Crippen molar-refractivity contribution >= 4 is 17.3 Å². The minimum atomic E-state index is -1.22. The normalized spacial score (nSPS) is 15.5. The summed E-state index contributed by atoms with van der Waals surface area (Å²) in [6.07, 6.45) is 2.25. The van der Waals surface area contributed by atoms with E-state index < -0.39 is 11.8 Å². The van der Waals surface area contributed by atoms with Gasteiger partial charge in [-0.2, -0.15) is 0 Å². The number of hydrogen-bond donors (Lipinski definition) is 3. The molecule has 0 spiro atoms. The number of nitrogen functional groups attached to an aromatic ring is 1. The van der Waals surface area contributed by atoms with Gasteiger partial charge in [-0.25, -0.2) is 9.18 Å². The topological polar surface area (TPSA) is 75.3 Å². The van der Waals surface area contributed by atoms with Crippen molar-refractivity contribution in [1.82, 2.24) is 0 Å². The van der Waals surface area contributed by atoms with Gasteiger partial charge in [-0.05, 0) is 44.7 Å². The Hall–Kier alpha value is -1.78. The Morgan fingerprint density at radius 3 is 2.61 bits per heavy atom. The molecular formula is C13H17FN2O2. The molecule has 0 radical (unpaired) electrons. The Kier molecular flexibility index (Phi) is 2.92. The van der Waals surface area contributed by atoms with Gasteiger partial charge in [0.15, 0.2) is 0 Å². The van der Waals surface area contributed by atoms with E-state index in [9.17, 15) is 9.18 Å². The lowest BCUT2D eigenvalue weighted by Crippen LogP contribution is -2.34. The second-order valence-electron chi connectivity index (χ2n) is 5.31. The highest BCUT2D eigenvalue weighted by Gasteiger charge is 2.38. The van der Waals surface area contributed by atoms with Crippen LogP contribution >= 0.6 is 0 Å². The summed E-state index contributed by atoms with van der Waals surface area (Å²) < 4.78 is 13.3. The number of rotatable bonds is 4. The average molecular weight is 252 g/mol. The van der Waals surface area contributed by atoms with Crippen molar-refractivity contribution in [2.75, 3.05) is 11.1 Å². The first kappa shape index (κ1) is 12.7. The summed E-state index contributed by atoms with van der Waals surface area (Å²) in [5.41, 5.74) is 5.15. The second kappa shape index (κ2) is 4.15. The van der Waals surface area contributed by atoms with Crippen molar-refractivity contribution in [2.24, 2.45) is 5.92 Å². The van der Waals surface area contributed by atoms with Crippen molar-refractivity contribution < 1.29 is 14.3 Å². The molecule has 1 saturated carbocycles. The van der Waals surface area contributed by atoms with E-state index in [2.05, 4.69) is 5.32 Å². The molecule has 0 amide bonds. The summed E-state index contributed by atoms with van der Waals surface area (Å²) in [4.78, 5) is 11.2. The number of carboxylic acids is 1. The molecule has 1 aromatic carbocycles. The molecule has 2 rings (SSSR count).